The number of hydrogen-bond donors (Lipinski definition) is 2. The van der Waals surface area contributed by atoms with Crippen LogP contribution in [0.2, 0.25) is 0 Å². The zero-order chi connectivity index (χ0) is 12.8. The zero-order valence-electron chi connectivity index (χ0n) is 10.2. The van der Waals surface area contributed by atoms with Crippen molar-refractivity contribution >= 4 is 17.6 Å². The van der Waals surface area contributed by atoms with Crippen LogP contribution in [-0.4, -0.2) is 36.3 Å². The van der Waals surface area contributed by atoms with Gasteiger partial charge < -0.3 is 10.6 Å². The number of halogens is 1. The molecule has 0 radical (unpaired) electrons. The summed E-state index contributed by atoms with van der Waals surface area (Å²) in [6.07, 6.45) is 2.06. The first kappa shape index (κ1) is 14.0. The molecule has 0 spiro atoms. The Hall–Kier alpha value is -1.07. The van der Waals surface area contributed by atoms with Gasteiger partial charge in [0, 0.05) is 24.4 Å². The van der Waals surface area contributed by atoms with Crippen molar-refractivity contribution in [1.29, 1.82) is 5.41 Å². The number of benzene rings is 1. The van der Waals surface area contributed by atoms with Gasteiger partial charge >= 0.3 is 0 Å². The van der Waals surface area contributed by atoms with Crippen LogP contribution >= 0.6 is 11.8 Å². The molecular weight excluding hydrogens is 237 g/mol. The van der Waals surface area contributed by atoms with Crippen molar-refractivity contribution in [3.8, 4) is 0 Å². The quantitative estimate of drug-likeness (QED) is 0.603. The molecule has 5 heteroatoms. The minimum absolute atomic E-state index is 0.0995. The number of hydrogen-bond acceptors (Lipinski definition) is 3. The second-order valence-electron chi connectivity index (χ2n) is 3.99. The molecule has 0 fully saturated rings. The Bertz CT molecular complexity index is 395. The third-order valence-electron chi connectivity index (χ3n) is 2.40. The fraction of sp³-hybridized carbons (Fsp3) is 0.417. The summed E-state index contributed by atoms with van der Waals surface area (Å²) in [6.45, 7) is 1.62. The van der Waals surface area contributed by atoms with Crippen LogP contribution in [0.5, 0.6) is 0 Å². The van der Waals surface area contributed by atoms with Crippen LogP contribution in [0.25, 0.3) is 0 Å². The summed E-state index contributed by atoms with van der Waals surface area (Å²) in [7, 11) is 1.99. The molecule has 1 aromatic carbocycles. The lowest BCUT2D eigenvalue weighted by Crippen LogP contribution is -2.21. The fourth-order valence-corrected chi connectivity index (χ4v) is 2.03. The molecule has 3 nitrogen and oxygen atoms in total. The molecule has 17 heavy (non-hydrogen) atoms. The fourth-order valence-electron chi connectivity index (χ4n) is 1.54. The molecule has 94 valence electrons. The van der Waals surface area contributed by atoms with E-state index in [2.05, 4.69) is 11.2 Å². The van der Waals surface area contributed by atoms with E-state index in [0.29, 0.717) is 12.1 Å². The number of thioether (sulfide) groups is 1. The Morgan fingerprint density at radius 2 is 2.18 bits per heavy atom. The Balaban J connectivity index is 2.73. The SMILES string of the molecule is CSCCN(C)Cc1cc(F)cc(C(=N)N)c1. The van der Waals surface area contributed by atoms with Crippen molar-refractivity contribution in [3.63, 3.8) is 0 Å². The average Bonchev–Trinajstić information content (AvgIpc) is 2.25. The average molecular weight is 255 g/mol. The molecule has 0 heterocycles. The van der Waals surface area contributed by atoms with Gasteiger partial charge in [0.25, 0.3) is 0 Å². The smallest absolute Gasteiger partial charge is 0.124 e. The van der Waals surface area contributed by atoms with Crippen LogP contribution in [0.15, 0.2) is 18.2 Å². The van der Waals surface area contributed by atoms with Gasteiger partial charge in [-0.25, -0.2) is 4.39 Å². The van der Waals surface area contributed by atoms with Gasteiger partial charge in [-0.15, -0.1) is 0 Å². The molecule has 0 saturated heterocycles. The van der Waals surface area contributed by atoms with Crippen molar-refractivity contribution in [2.75, 3.05) is 25.6 Å². The van der Waals surface area contributed by atoms with Gasteiger partial charge in [0.05, 0.1) is 0 Å². The molecule has 0 amide bonds. The minimum atomic E-state index is -0.342. The maximum atomic E-state index is 13.3. The van der Waals surface area contributed by atoms with Crippen LogP contribution in [0.3, 0.4) is 0 Å². The van der Waals surface area contributed by atoms with E-state index in [-0.39, 0.29) is 11.7 Å². The molecule has 1 aromatic rings. The predicted molar refractivity (Wildman–Crippen MR) is 72.1 cm³/mol. The first-order valence-corrected chi connectivity index (χ1v) is 6.73. The van der Waals surface area contributed by atoms with E-state index in [4.69, 9.17) is 11.1 Å². The summed E-state index contributed by atoms with van der Waals surface area (Å²) in [5, 5.41) is 7.32. The molecule has 0 atom stereocenters. The third-order valence-corrected chi connectivity index (χ3v) is 2.99. The Kier molecular flexibility index (Phi) is 5.44. The van der Waals surface area contributed by atoms with E-state index < -0.39 is 0 Å². The molecular formula is C12H18FN3S. The molecule has 1 rings (SSSR count). The highest BCUT2D eigenvalue weighted by Gasteiger charge is 2.05. The standard InChI is InChI=1S/C12H18FN3S/c1-16(3-4-17-2)8-9-5-10(12(14)15)7-11(13)6-9/h5-7H,3-4,8H2,1-2H3,(H3,14,15). The van der Waals surface area contributed by atoms with Gasteiger partial charge in [0.1, 0.15) is 11.7 Å². The summed E-state index contributed by atoms with van der Waals surface area (Å²) < 4.78 is 13.3. The number of rotatable bonds is 6. The van der Waals surface area contributed by atoms with Crippen molar-refractivity contribution < 1.29 is 4.39 Å². The lowest BCUT2D eigenvalue weighted by atomic mass is 10.1. The van der Waals surface area contributed by atoms with E-state index in [1.54, 1.807) is 17.8 Å². The van der Waals surface area contributed by atoms with E-state index >= 15 is 0 Å². The molecule has 0 saturated carbocycles. The van der Waals surface area contributed by atoms with Gasteiger partial charge in [0.15, 0.2) is 0 Å². The first-order chi connectivity index (χ1) is 8.02. The Morgan fingerprint density at radius 1 is 1.47 bits per heavy atom. The maximum absolute atomic E-state index is 13.3. The molecule has 0 aliphatic heterocycles. The number of nitrogens with two attached hydrogens (primary N) is 1. The topological polar surface area (TPSA) is 53.1 Å². The van der Waals surface area contributed by atoms with Crippen LogP contribution in [-0.2, 0) is 6.54 Å². The molecule has 3 N–H and O–H groups in total. The van der Waals surface area contributed by atoms with Crippen molar-refractivity contribution in [2.24, 2.45) is 5.73 Å². The van der Waals surface area contributed by atoms with E-state index in [9.17, 15) is 4.39 Å². The molecule has 0 unspecified atom stereocenters. The monoisotopic (exact) mass is 255 g/mol. The number of nitrogens with zero attached hydrogens (tertiary/aromatic N) is 1. The summed E-state index contributed by atoms with van der Waals surface area (Å²) in [5.74, 6) is 0.606. The van der Waals surface area contributed by atoms with E-state index in [0.717, 1.165) is 17.9 Å². The van der Waals surface area contributed by atoms with Crippen molar-refractivity contribution in [3.05, 3.63) is 35.1 Å². The van der Waals surface area contributed by atoms with E-state index in [1.807, 2.05) is 7.05 Å². The summed E-state index contributed by atoms with van der Waals surface area (Å²) in [4.78, 5) is 2.12. The Labute approximate surface area is 106 Å². The second kappa shape index (κ2) is 6.61. The summed E-state index contributed by atoms with van der Waals surface area (Å²) in [6, 6.07) is 4.54. The minimum Gasteiger partial charge on any atom is -0.384 e. The van der Waals surface area contributed by atoms with Crippen molar-refractivity contribution in [2.45, 2.75) is 6.54 Å². The van der Waals surface area contributed by atoms with Crippen LogP contribution in [0.4, 0.5) is 4.39 Å². The zero-order valence-corrected chi connectivity index (χ0v) is 11.0. The molecule has 0 aromatic heterocycles. The highest BCUT2D eigenvalue weighted by atomic mass is 32.2. The van der Waals surface area contributed by atoms with Gasteiger partial charge in [-0.3, -0.25) is 5.41 Å². The second-order valence-corrected chi connectivity index (χ2v) is 4.98. The third kappa shape index (κ3) is 4.75. The predicted octanol–water partition coefficient (Wildman–Crippen LogP) is 1.90. The molecule has 0 aliphatic carbocycles. The lowest BCUT2D eigenvalue weighted by molar-refractivity contribution is 0.348. The van der Waals surface area contributed by atoms with Gasteiger partial charge in [0.2, 0.25) is 0 Å². The Morgan fingerprint density at radius 3 is 2.76 bits per heavy atom. The van der Waals surface area contributed by atoms with Gasteiger partial charge in [-0.2, -0.15) is 11.8 Å². The van der Waals surface area contributed by atoms with Crippen LogP contribution in [0, 0.1) is 11.2 Å². The summed E-state index contributed by atoms with van der Waals surface area (Å²) in [5.41, 5.74) is 6.65. The van der Waals surface area contributed by atoms with Crippen LogP contribution in [0.1, 0.15) is 11.1 Å². The van der Waals surface area contributed by atoms with E-state index in [1.165, 1.54) is 12.1 Å². The van der Waals surface area contributed by atoms with Gasteiger partial charge in [-0.05, 0) is 37.1 Å². The lowest BCUT2D eigenvalue weighted by Gasteiger charge is -2.16. The van der Waals surface area contributed by atoms with Crippen molar-refractivity contribution in [1.82, 2.24) is 4.90 Å². The molecule has 0 bridgehead atoms. The highest BCUT2D eigenvalue weighted by Crippen LogP contribution is 2.11. The van der Waals surface area contributed by atoms with Crippen LogP contribution < -0.4 is 5.73 Å². The highest BCUT2D eigenvalue weighted by molar-refractivity contribution is 7.98. The molecule has 0 aliphatic rings. The first-order valence-electron chi connectivity index (χ1n) is 5.34. The van der Waals surface area contributed by atoms with Gasteiger partial charge in [-0.1, -0.05) is 0 Å². The number of nitrogens with one attached hydrogen (secondary N) is 1. The number of amidine groups is 1. The number of nitrogen functional groups attached to an aromatic ring is 1. The maximum Gasteiger partial charge on any atom is 0.124 e. The normalized spacial score (nSPS) is 10.8. The largest absolute Gasteiger partial charge is 0.384 e. The summed E-state index contributed by atoms with van der Waals surface area (Å²) >= 11 is 1.78.